The number of carboxylic acids is 1. The Labute approximate surface area is 111 Å². The molecule has 0 atom stereocenters. The van der Waals surface area contributed by atoms with Gasteiger partial charge in [0.2, 0.25) is 0 Å². The van der Waals surface area contributed by atoms with Crippen LogP contribution in [0.15, 0.2) is 10.5 Å². The molecule has 1 heterocycles. The van der Waals surface area contributed by atoms with Crippen LogP contribution in [0.2, 0.25) is 0 Å². The predicted octanol–water partition coefficient (Wildman–Crippen LogP) is 4.56. The number of carboxylic acid groups (broad SMARTS) is 1. The summed E-state index contributed by atoms with van der Waals surface area (Å²) in [6.45, 7) is 1.78. The molecule has 0 aliphatic carbocycles. The number of carbonyl (C=O) groups is 1. The van der Waals surface area contributed by atoms with Gasteiger partial charge in [-0.2, -0.15) is 0 Å². The molecule has 0 aliphatic heterocycles. The summed E-state index contributed by atoms with van der Waals surface area (Å²) in [6, 6.07) is 1.44. The van der Waals surface area contributed by atoms with Crippen molar-refractivity contribution in [1.82, 2.24) is 0 Å². The summed E-state index contributed by atoms with van der Waals surface area (Å²) >= 11 is 4.28. The maximum absolute atomic E-state index is 13.7. The van der Waals surface area contributed by atoms with Gasteiger partial charge in [-0.1, -0.05) is 0 Å². The summed E-state index contributed by atoms with van der Waals surface area (Å²) in [5.74, 6) is -3.80. The molecule has 17 heavy (non-hydrogen) atoms. The van der Waals surface area contributed by atoms with Crippen LogP contribution in [0.4, 0.5) is 8.78 Å². The summed E-state index contributed by atoms with van der Waals surface area (Å²) in [4.78, 5) is 11.1. The molecule has 1 rings (SSSR count). The lowest BCUT2D eigenvalue weighted by Gasteiger charge is -2.13. The summed E-state index contributed by atoms with van der Waals surface area (Å²) in [7, 11) is 0. The number of aliphatic carboxylic acids is 1. The van der Waals surface area contributed by atoms with Crippen LogP contribution in [0.5, 0.6) is 0 Å². The number of thiophene rings is 1. The van der Waals surface area contributed by atoms with Gasteiger partial charge in [0, 0.05) is 22.2 Å². The van der Waals surface area contributed by atoms with E-state index in [9.17, 15) is 13.6 Å². The second-order valence-corrected chi connectivity index (χ2v) is 5.93. The van der Waals surface area contributed by atoms with Crippen molar-refractivity contribution < 1.29 is 18.7 Å². The zero-order chi connectivity index (χ0) is 13.1. The Kier molecular flexibility index (Phi) is 5.06. The van der Waals surface area contributed by atoms with Crippen molar-refractivity contribution in [2.75, 3.05) is 0 Å². The third kappa shape index (κ3) is 4.35. The van der Waals surface area contributed by atoms with Crippen molar-refractivity contribution in [3.05, 3.63) is 20.3 Å². The van der Waals surface area contributed by atoms with Crippen molar-refractivity contribution in [2.45, 2.75) is 38.5 Å². The lowest BCUT2D eigenvalue weighted by Crippen LogP contribution is -2.11. The normalized spacial score (nSPS) is 11.8. The molecular weight excluding hydrogens is 314 g/mol. The molecule has 0 aromatic carbocycles. The van der Waals surface area contributed by atoms with E-state index in [1.165, 1.54) is 6.07 Å². The zero-order valence-electron chi connectivity index (χ0n) is 9.30. The van der Waals surface area contributed by atoms with Crippen LogP contribution < -0.4 is 0 Å². The standard InChI is InChI=1S/C11H13BrF2O2S/c1-7-8(12)6-9(17-7)11(13,14)5-3-2-4-10(15)16/h6H,2-5H2,1H3,(H,15,16). The monoisotopic (exact) mass is 326 g/mol. The summed E-state index contributed by atoms with van der Waals surface area (Å²) in [5, 5.41) is 8.41. The molecule has 6 heteroatoms. The van der Waals surface area contributed by atoms with Gasteiger partial charge in [-0.25, -0.2) is 8.78 Å². The number of rotatable bonds is 6. The second-order valence-electron chi connectivity index (χ2n) is 3.82. The van der Waals surface area contributed by atoms with Crippen LogP contribution in [0.25, 0.3) is 0 Å². The molecule has 0 amide bonds. The molecule has 1 aromatic rings. The highest BCUT2D eigenvalue weighted by Crippen LogP contribution is 2.40. The average Bonchev–Trinajstić information content (AvgIpc) is 2.55. The van der Waals surface area contributed by atoms with E-state index < -0.39 is 11.9 Å². The van der Waals surface area contributed by atoms with E-state index in [0.717, 1.165) is 16.2 Å². The molecule has 0 aliphatic rings. The van der Waals surface area contributed by atoms with Crippen molar-refractivity contribution >= 4 is 33.2 Å². The van der Waals surface area contributed by atoms with Crippen LogP contribution in [-0.2, 0) is 10.7 Å². The average molecular weight is 327 g/mol. The van der Waals surface area contributed by atoms with Crippen molar-refractivity contribution in [3.8, 4) is 0 Å². The molecular formula is C11H13BrF2O2S. The Morgan fingerprint density at radius 3 is 2.65 bits per heavy atom. The van der Waals surface area contributed by atoms with Gasteiger partial charge in [0.25, 0.3) is 5.92 Å². The highest BCUT2D eigenvalue weighted by atomic mass is 79.9. The van der Waals surface area contributed by atoms with Gasteiger partial charge in [-0.3, -0.25) is 4.79 Å². The number of unbranched alkanes of at least 4 members (excludes halogenated alkanes) is 1. The van der Waals surface area contributed by atoms with E-state index in [-0.39, 0.29) is 30.6 Å². The Morgan fingerprint density at radius 2 is 2.18 bits per heavy atom. The fourth-order valence-electron chi connectivity index (χ4n) is 1.39. The molecule has 0 radical (unpaired) electrons. The Bertz CT molecular complexity index is 385. The molecule has 0 saturated carbocycles. The van der Waals surface area contributed by atoms with Crippen molar-refractivity contribution in [1.29, 1.82) is 0 Å². The first-order chi connectivity index (χ1) is 7.83. The van der Waals surface area contributed by atoms with Gasteiger partial charge in [-0.15, -0.1) is 11.3 Å². The van der Waals surface area contributed by atoms with Gasteiger partial charge in [-0.05, 0) is 41.8 Å². The van der Waals surface area contributed by atoms with Crippen LogP contribution in [0, 0.1) is 6.92 Å². The largest absolute Gasteiger partial charge is 0.481 e. The molecule has 0 saturated heterocycles. The first-order valence-corrected chi connectivity index (χ1v) is 6.80. The fourth-order valence-corrected chi connectivity index (χ4v) is 2.92. The number of aryl methyl sites for hydroxylation is 1. The van der Waals surface area contributed by atoms with E-state index >= 15 is 0 Å². The van der Waals surface area contributed by atoms with Gasteiger partial charge in [0.15, 0.2) is 0 Å². The quantitative estimate of drug-likeness (QED) is 0.778. The van der Waals surface area contributed by atoms with Crippen LogP contribution in [0.1, 0.15) is 35.4 Å². The minimum absolute atomic E-state index is 0.0391. The summed E-state index contributed by atoms with van der Waals surface area (Å²) in [5.41, 5.74) is 0. The SMILES string of the molecule is Cc1sc(C(F)(F)CCCCC(=O)O)cc1Br. The predicted molar refractivity (Wildman–Crippen MR) is 66.8 cm³/mol. The fraction of sp³-hybridized carbons (Fsp3) is 0.545. The lowest BCUT2D eigenvalue weighted by molar-refractivity contribution is -0.137. The Hall–Kier alpha value is -0.490. The minimum Gasteiger partial charge on any atom is -0.481 e. The molecule has 1 N–H and O–H groups in total. The molecule has 0 fully saturated rings. The number of hydrogen-bond donors (Lipinski definition) is 1. The molecule has 0 spiro atoms. The Balaban J connectivity index is 2.53. The van der Waals surface area contributed by atoms with Gasteiger partial charge in [0.1, 0.15) is 0 Å². The second kappa shape index (κ2) is 5.91. The smallest absolute Gasteiger partial charge is 0.303 e. The maximum atomic E-state index is 13.7. The molecule has 2 nitrogen and oxygen atoms in total. The van der Waals surface area contributed by atoms with E-state index in [1.54, 1.807) is 6.92 Å². The highest BCUT2D eigenvalue weighted by molar-refractivity contribution is 9.10. The van der Waals surface area contributed by atoms with Crippen LogP contribution in [-0.4, -0.2) is 11.1 Å². The lowest BCUT2D eigenvalue weighted by atomic mass is 10.1. The van der Waals surface area contributed by atoms with Gasteiger partial charge < -0.3 is 5.11 Å². The van der Waals surface area contributed by atoms with Gasteiger partial charge in [0.05, 0.1) is 4.88 Å². The third-order valence-electron chi connectivity index (χ3n) is 2.35. The maximum Gasteiger partial charge on any atom is 0.303 e. The topological polar surface area (TPSA) is 37.3 Å². The van der Waals surface area contributed by atoms with E-state index in [2.05, 4.69) is 15.9 Å². The van der Waals surface area contributed by atoms with Crippen LogP contribution in [0.3, 0.4) is 0 Å². The van der Waals surface area contributed by atoms with E-state index in [1.807, 2.05) is 0 Å². The number of halogens is 3. The van der Waals surface area contributed by atoms with Crippen LogP contribution >= 0.6 is 27.3 Å². The molecule has 0 unspecified atom stereocenters. The molecule has 96 valence electrons. The molecule has 1 aromatic heterocycles. The zero-order valence-corrected chi connectivity index (χ0v) is 11.7. The molecule has 0 bridgehead atoms. The van der Waals surface area contributed by atoms with Crippen molar-refractivity contribution in [2.24, 2.45) is 0 Å². The first kappa shape index (κ1) is 14.6. The van der Waals surface area contributed by atoms with E-state index in [0.29, 0.717) is 4.47 Å². The number of alkyl halides is 2. The highest BCUT2D eigenvalue weighted by Gasteiger charge is 2.33. The van der Waals surface area contributed by atoms with Crippen molar-refractivity contribution in [3.63, 3.8) is 0 Å². The summed E-state index contributed by atoms with van der Waals surface area (Å²) < 4.78 is 28.1. The number of hydrogen-bond acceptors (Lipinski definition) is 2. The first-order valence-electron chi connectivity index (χ1n) is 5.19. The van der Waals surface area contributed by atoms with E-state index in [4.69, 9.17) is 5.11 Å². The third-order valence-corrected chi connectivity index (χ3v) is 4.60. The Morgan fingerprint density at radius 1 is 1.53 bits per heavy atom. The minimum atomic E-state index is -2.86. The summed E-state index contributed by atoms with van der Waals surface area (Å²) in [6.07, 6.45) is 0.153. The van der Waals surface area contributed by atoms with Gasteiger partial charge >= 0.3 is 5.97 Å².